The van der Waals surface area contributed by atoms with E-state index in [1.807, 2.05) is 6.92 Å². The van der Waals surface area contributed by atoms with Crippen molar-refractivity contribution in [2.24, 2.45) is 5.92 Å². The Kier molecular flexibility index (Phi) is 4.03. The zero-order valence-electron chi connectivity index (χ0n) is 10.7. The van der Waals surface area contributed by atoms with Gasteiger partial charge in [0.2, 0.25) is 0 Å². The Balaban J connectivity index is 1.97. The van der Waals surface area contributed by atoms with Crippen molar-refractivity contribution in [1.82, 2.24) is 15.4 Å². The lowest BCUT2D eigenvalue weighted by molar-refractivity contribution is -0.145. The van der Waals surface area contributed by atoms with E-state index >= 15 is 0 Å². The van der Waals surface area contributed by atoms with Crippen LogP contribution in [0, 0.1) is 5.92 Å². The molecule has 1 aromatic heterocycles. The van der Waals surface area contributed by atoms with Crippen molar-refractivity contribution in [3.05, 3.63) is 18.0 Å². The third-order valence-electron chi connectivity index (χ3n) is 3.35. The molecule has 1 saturated heterocycles. The lowest BCUT2D eigenvalue weighted by Crippen LogP contribution is -2.54. The number of piperidine rings is 1. The van der Waals surface area contributed by atoms with Crippen LogP contribution in [-0.4, -0.2) is 39.8 Å². The number of hydrogen-bond acceptors (Lipinski definition) is 4. The quantitative estimate of drug-likeness (QED) is 0.854. The fourth-order valence-electron chi connectivity index (χ4n) is 2.39. The van der Waals surface area contributed by atoms with Crippen LogP contribution in [0.1, 0.15) is 25.5 Å². The first kappa shape index (κ1) is 13.4. The Bertz CT molecular complexity index is 446. The van der Waals surface area contributed by atoms with Gasteiger partial charge in [-0.2, -0.15) is 0 Å². The number of rotatable bonds is 3. The largest absolute Gasteiger partial charge is 0.480 e. The number of carboxylic acid groups (broad SMARTS) is 1. The number of carbonyl (C=O) groups is 2. The molecule has 7 heteroatoms. The third-order valence-corrected chi connectivity index (χ3v) is 3.35. The number of carbonyl (C=O) groups excluding carboxylic acids is 1. The fourth-order valence-corrected chi connectivity index (χ4v) is 2.39. The molecular formula is C12H17N3O4. The molecule has 0 bridgehead atoms. The molecule has 104 valence electrons. The molecule has 2 atom stereocenters. The minimum Gasteiger partial charge on any atom is -0.480 e. The SMILES string of the molecule is CC1CCCN(C(=O)NCc2ccno2)C1C(=O)O. The van der Waals surface area contributed by atoms with E-state index in [1.54, 1.807) is 6.07 Å². The number of urea groups is 1. The summed E-state index contributed by atoms with van der Waals surface area (Å²) in [5.41, 5.74) is 0. The summed E-state index contributed by atoms with van der Waals surface area (Å²) in [6.45, 7) is 2.52. The average molecular weight is 267 g/mol. The van der Waals surface area contributed by atoms with Crippen LogP contribution in [-0.2, 0) is 11.3 Å². The van der Waals surface area contributed by atoms with Crippen LogP contribution in [0.15, 0.2) is 16.8 Å². The predicted molar refractivity (Wildman–Crippen MR) is 65.3 cm³/mol. The van der Waals surface area contributed by atoms with Crippen molar-refractivity contribution in [3.8, 4) is 0 Å². The molecule has 2 rings (SSSR count). The Hall–Kier alpha value is -2.05. The van der Waals surface area contributed by atoms with E-state index in [1.165, 1.54) is 11.1 Å². The van der Waals surface area contributed by atoms with E-state index in [2.05, 4.69) is 10.5 Å². The molecule has 0 aliphatic carbocycles. The molecule has 1 aliphatic heterocycles. The van der Waals surface area contributed by atoms with Crippen molar-refractivity contribution >= 4 is 12.0 Å². The van der Waals surface area contributed by atoms with Gasteiger partial charge in [0.15, 0.2) is 5.76 Å². The van der Waals surface area contributed by atoms with Crippen molar-refractivity contribution in [3.63, 3.8) is 0 Å². The lowest BCUT2D eigenvalue weighted by Gasteiger charge is -2.37. The summed E-state index contributed by atoms with van der Waals surface area (Å²) in [4.78, 5) is 24.7. The molecule has 0 aromatic carbocycles. The van der Waals surface area contributed by atoms with Crippen LogP contribution in [0.25, 0.3) is 0 Å². The highest BCUT2D eigenvalue weighted by Crippen LogP contribution is 2.23. The second kappa shape index (κ2) is 5.73. The van der Waals surface area contributed by atoms with Gasteiger partial charge in [-0.25, -0.2) is 9.59 Å². The zero-order valence-corrected chi connectivity index (χ0v) is 10.7. The van der Waals surface area contributed by atoms with Crippen LogP contribution < -0.4 is 5.32 Å². The van der Waals surface area contributed by atoms with Gasteiger partial charge in [-0.15, -0.1) is 0 Å². The summed E-state index contributed by atoms with van der Waals surface area (Å²) in [5, 5.41) is 15.4. The van der Waals surface area contributed by atoms with Gasteiger partial charge in [0.25, 0.3) is 0 Å². The number of nitrogens with zero attached hydrogens (tertiary/aromatic N) is 2. The summed E-state index contributed by atoms with van der Waals surface area (Å²) < 4.78 is 4.87. The number of carboxylic acids is 1. The minimum absolute atomic E-state index is 0.0396. The smallest absolute Gasteiger partial charge is 0.326 e. The molecule has 2 unspecified atom stereocenters. The van der Waals surface area contributed by atoms with Gasteiger partial charge in [-0.05, 0) is 18.8 Å². The first-order valence-electron chi connectivity index (χ1n) is 6.26. The molecule has 2 amide bonds. The number of aromatic nitrogens is 1. The van der Waals surface area contributed by atoms with Gasteiger partial charge in [0.1, 0.15) is 6.04 Å². The van der Waals surface area contributed by atoms with E-state index in [4.69, 9.17) is 4.52 Å². The molecule has 7 nitrogen and oxygen atoms in total. The topological polar surface area (TPSA) is 95.7 Å². The molecule has 2 N–H and O–H groups in total. The molecule has 1 aromatic rings. The van der Waals surface area contributed by atoms with Gasteiger partial charge in [-0.1, -0.05) is 12.1 Å². The van der Waals surface area contributed by atoms with Crippen LogP contribution >= 0.6 is 0 Å². The lowest BCUT2D eigenvalue weighted by atomic mass is 9.91. The molecule has 1 aliphatic rings. The number of amides is 2. The number of nitrogens with one attached hydrogen (secondary N) is 1. The number of hydrogen-bond donors (Lipinski definition) is 2. The Labute approximate surface area is 110 Å². The maximum atomic E-state index is 12.0. The normalized spacial score (nSPS) is 23.1. The maximum absolute atomic E-state index is 12.0. The van der Waals surface area contributed by atoms with Crippen LogP contribution in [0.3, 0.4) is 0 Å². The summed E-state index contributed by atoms with van der Waals surface area (Å²) >= 11 is 0. The molecule has 0 spiro atoms. The molecule has 2 heterocycles. The summed E-state index contributed by atoms with van der Waals surface area (Å²) in [5.74, 6) is -0.463. The summed E-state index contributed by atoms with van der Waals surface area (Å²) in [6, 6.07) is 0.507. The van der Waals surface area contributed by atoms with E-state index in [0.717, 1.165) is 12.8 Å². The van der Waals surface area contributed by atoms with Gasteiger partial charge < -0.3 is 19.8 Å². The Morgan fingerprint density at radius 3 is 3.05 bits per heavy atom. The first-order chi connectivity index (χ1) is 9.09. The minimum atomic E-state index is -0.956. The second-order valence-corrected chi connectivity index (χ2v) is 4.73. The maximum Gasteiger partial charge on any atom is 0.326 e. The average Bonchev–Trinajstić information content (AvgIpc) is 2.88. The van der Waals surface area contributed by atoms with Gasteiger partial charge in [0.05, 0.1) is 12.7 Å². The highest BCUT2D eigenvalue weighted by atomic mass is 16.5. The molecular weight excluding hydrogens is 250 g/mol. The molecule has 0 radical (unpaired) electrons. The second-order valence-electron chi connectivity index (χ2n) is 4.73. The number of aliphatic carboxylic acids is 1. The van der Waals surface area contributed by atoms with Crippen molar-refractivity contribution < 1.29 is 19.2 Å². The first-order valence-corrected chi connectivity index (χ1v) is 6.26. The van der Waals surface area contributed by atoms with Crippen LogP contribution in [0.2, 0.25) is 0 Å². The fraction of sp³-hybridized carbons (Fsp3) is 0.583. The van der Waals surface area contributed by atoms with Crippen LogP contribution in [0.4, 0.5) is 4.79 Å². The molecule has 1 fully saturated rings. The zero-order chi connectivity index (χ0) is 13.8. The predicted octanol–water partition coefficient (Wildman–Crippen LogP) is 1.07. The van der Waals surface area contributed by atoms with Crippen molar-refractivity contribution in [1.29, 1.82) is 0 Å². The van der Waals surface area contributed by atoms with Gasteiger partial charge in [0, 0.05) is 12.6 Å². The summed E-state index contributed by atoms with van der Waals surface area (Å²) in [6.07, 6.45) is 3.13. The Morgan fingerprint density at radius 1 is 1.63 bits per heavy atom. The standard InChI is InChI=1S/C12H17N3O4/c1-8-3-2-6-15(10(8)11(16)17)12(18)13-7-9-4-5-14-19-9/h4-5,8,10H,2-3,6-7H2,1H3,(H,13,18)(H,16,17). The molecule has 19 heavy (non-hydrogen) atoms. The van der Waals surface area contributed by atoms with Gasteiger partial charge >= 0.3 is 12.0 Å². The van der Waals surface area contributed by atoms with E-state index in [0.29, 0.717) is 12.3 Å². The van der Waals surface area contributed by atoms with Gasteiger partial charge in [-0.3, -0.25) is 0 Å². The van der Waals surface area contributed by atoms with Crippen molar-refractivity contribution in [2.75, 3.05) is 6.54 Å². The Morgan fingerprint density at radius 2 is 2.42 bits per heavy atom. The van der Waals surface area contributed by atoms with E-state index in [-0.39, 0.29) is 18.5 Å². The third kappa shape index (κ3) is 3.04. The highest BCUT2D eigenvalue weighted by molar-refractivity contribution is 5.83. The van der Waals surface area contributed by atoms with E-state index < -0.39 is 12.0 Å². The van der Waals surface area contributed by atoms with Crippen LogP contribution in [0.5, 0.6) is 0 Å². The van der Waals surface area contributed by atoms with E-state index in [9.17, 15) is 14.7 Å². The summed E-state index contributed by atoms with van der Waals surface area (Å²) in [7, 11) is 0. The van der Waals surface area contributed by atoms with Crippen molar-refractivity contribution in [2.45, 2.75) is 32.4 Å². The monoisotopic (exact) mass is 267 g/mol. The number of likely N-dealkylation sites (tertiary alicyclic amines) is 1. The molecule has 0 saturated carbocycles. The highest BCUT2D eigenvalue weighted by Gasteiger charge is 2.36.